The number of β-lactam (4-membered cyclic amide) rings is 1. The van der Waals surface area contributed by atoms with E-state index in [9.17, 15) is 24.3 Å². The van der Waals surface area contributed by atoms with Gasteiger partial charge in [0, 0.05) is 6.42 Å². The van der Waals surface area contributed by atoms with Crippen LogP contribution in [0.5, 0.6) is 0 Å². The predicted octanol–water partition coefficient (Wildman–Crippen LogP) is 5.75. The first-order valence-corrected chi connectivity index (χ1v) is 15.2. The van der Waals surface area contributed by atoms with Crippen LogP contribution < -0.4 is 5.32 Å². The first-order chi connectivity index (χ1) is 19.9. The monoisotopic (exact) mass is 581 g/mol. The van der Waals surface area contributed by atoms with Crippen LogP contribution in [0, 0.1) is 17.8 Å². The van der Waals surface area contributed by atoms with E-state index in [-0.39, 0.29) is 18.4 Å². The van der Waals surface area contributed by atoms with Crippen molar-refractivity contribution in [2.75, 3.05) is 13.1 Å². The van der Waals surface area contributed by atoms with Crippen LogP contribution in [0.1, 0.15) is 90.8 Å². The predicted molar refractivity (Wildman–Crippen MR) is 161 cm³/mol. The second-order valence-electron chi connectivity index (χ2n) is 11.6. The van der Waals surface area contributed by atoms with E-state index < -0.39 is 34.6 Å². The molecule has 4 atom stereocenters. The van der Waals surface area contributed by atoms with Crippen molar-refractivity contribution in [1.29, 1.82) is 0 Å². The van der Waals surface area contributed by atoms with Crippen molar-refractivity contribution in [3.05, 3.63) is 59.4 Å². The number of carboxylic acid groups (broad SMARTS) is 1. The minimum atomic E-state index is -1.41. The number of likely N-dealkylation sites (tertiary alicyclic amines) is 1. The molecule has 2 aliphatic rings. The summed E-state index contributed by atoms with van der Waals surface area (Å²) in [6, 6.07) is 7.17. The molecule has 1 aliphatic heterocycles. The van der Waals surface area contributed by atoms with Crippen molar-refractivity contribution in [1.82, 2.24) is 15.1 Å². The van der Waals surface area contributed by atoms with Crippen LogP contribution in [-0.2, 0) is 19.1 Å². The first-order valence-electron chi connectivity index (χ1n) is 15.2. The number of imide groups is 1. The number of allylic oxidation sites excluding steroid dienone is 1. The number of rotatable bonds is 14. The molecule has 1 aliphatic carbocycles. The average molecular weight is 582 g/mol. The molecule has 1 saturated heterocycles. The largest absolute Gasteiger partial charge is 0.481 e. The van der Waals surface area contributed by atoms with Gasteiger partial charge in [0.15, 0.2) is 6.23 Å². The van der Waals surface area contributed by atoms with Gasteiger partial charge in [-0.2, -0.15) is 0 Å². The van der Waals surface area contributed by atoms with E-state index in [0.717, 1.165) is 28.7 Å². The maximum absolute atomic E-state index is 13.7. The van der Waals surface area contributed by atoms with Gasteiger partial charge in [0.25, 0.3) is 0 Å². The molecule has 1 heterocycles. The molecule has 9 heteroatoms. The Morgan fingerprint density at radius 3 is 2.24 bits per heavy atom. The number of carbonyl (C=O) groups is 4. The SMILES string of the molecule is CCCC(NC(=O)N1C(=O)C(CC)(CC)[C@@H]1OC1=C[C@](CC=O)(N(CC)CC)C(C)(C(=O)O)C=C1)c1ccc(C)cc1. The highest BCUT2D eigenvalue weighted by Crippen LogP contribution is 2.50. The number of benzene rings is 1. The molecule has 0 aromatic heterocycles. The molecular weight excluding hydrogens is 534 g/mol. The van der Waals surface area contributed by atoms with E-state index in [0.29, 0.717) is 38.1 Å². The molecule has 1 aromatic carbocycles. The number of aldehydes is 1. The van der Waals surface area contributed by atoms with E-state index in [4.69, 9.17) is 4.74 Å². The number of carbonyl (C=O) groups excluding carboxylic acids is 3. The zero-order valence-electron chi connectivity index (χ0n) is 26.1. The number of amides is 3. The molecule has 2 N–H and O–H groups in total. The van der Waals surface area contributed by atoms with Crippen molar-refractivity contribution in [2.45, 2.75) is 98.4 Å². The minimum absolute atomic E-state index is 0.0651. The summed E-state index contributed by atoms with van der Waals surface area (Å²) in [5, 5.41) is 13.4. The van der Waals surface area contributed by atoms with E-state index in [1.165, 1.54) is 0 Å². The van der Waals surface area contributed by atoms with Crippen LogP contribution in [0.15, 0.2) is 48.3 Å². The van der Waals surface area contributed by atoms with Crippen molar-refractivity contribution in [3.63, 3.8) is 0 Å². The lowest BCUT2D eigenvalue weighted by molar-refractivity contribution is -0.201. The molecule has 42 heavy (non-hydrogen) atoms. The Morgan fingerprint density at radius 1 is 1.12 bits per heavy atom. The Morgan fingerprint density at radius 2 is 1.74 bits per heavy atom. The maximum Gasteiger partial charge on any atom is 0.327 e. The summed E-state index contributed by atoms with van der Waals surface area (Å²) in [6.45, 7) is 14.3. The number of nitrogens with one attached hydrogen (secondary N) is 1. The fourth-order valence-electron chi connectivity index (χ4n) is 6.55. The van der Waals surface area contributed by atoms with Gasteiger partial charge >= 0.3 is 12.0 Å². The zero-order chi connectivity index (χ0) is 31.3. The van der Waals surface area contributed by atoms with Gasteiger partial charge in [-0.15, -0.1) is 0 Å². The lowest BCUT2D eigenvalue weighted by atomic mass is 9.65. The van der Waals surface area contributed by atoms with Gasteiger partial charge in [0.2, 0.25) is 5.91 Å². The molecule has 0 radical (unpaired) electrons. The summed E-state index contributed by atoms with van der Waals surface area (Å²) in [5.41, 5.74) is -1.44. The number of nitrogens with zero attached hydrogens (tertiary/aromatic N) is 2. The number of hydrogen-bond donors (Lipinski definition) is 2. The minimum Gasteiger partial charge on any atom is -0.481 e. The molecule has 3 amide bonds. The van der Waals surface area contributed by atoms with Crippen molar-refractivity contribution in [3.8, 4) is 0 Å². The van der Waals surface area contributed by atoms with Gasteiger partial charge in [-0.1, -0.05) is 76.9 Å². The van der Waals surface area contributed by atoms with E-state index in [1.54, 1.807) is 25.2 Å². The average Bonchev–Trinajstić information content (AvgIpc) is 2.96. The van der Waals surface area contributed by atoms with Crippen LogP contribution in [0.4, 0.5) is 4.79 Å². The Bertz CT molecular complexity index is 1220. The van der Waals surface area contributed by atoms with Crippen molar-refractivity contribution >= 4 is 24.2 Å². The Kier molecular flexibility index (Phi) is 10.4. The highest BCUT2D eigenvalue weighted by atomic mass is 16.5. The summed E-state index contributed by atoms with van der Waals surface area (Å²) in [5.74, 6) is -1.03. The summed E-state index contributed by atoms with van der Waals surface area (Å²) in [7, 11) is 0. The number of aliphatic carboxylic acids is 1. The molecular formula is C33H47N3O6. The molecule has 1 aromatic rings. The van der Waals surface area contributed by atoms with E-state index >= 15 is 0 Å². The molecule has 3 rings (SSSR count). The second-order valence-corrected chi connectivity index (χ2v) is 11.6. The normalized spacial score (nSPS) is 25.4. The van der Waals surface area contributed by atoms with Crippen LogP contribution >= 0.6 is 0 Å². The Labute approximate surface area is 250 Å². The molecule has 2 unspecified atom stereocenters. The topological polar surface area (TPSA) is 116 Å². The fourth-order valence-corrected chi connectivity index (χ4v) is 6.55. The highest BCUT2D eigenvalue weighted by Gasteiger charge is 2.63. The summed E-state index contributed by atoms with van der Waals surface area (Å²) >= 11 is 0. The standard InChI is InChI=1S/C33H47N3O6/c1-8-13-26(24-16-14-23(6)15-17-24)34-30(41)36-27(38)32(9-2,10-3)28(36)42-25-18-19-31(7,29(39)40)33(22-25,20-21-37)35(11-4)12-5/h14-19,21-22,26,28H,8-13,20H2,1-7H3,(H,34,41)(H,39,40)/t26?,28-,31?,33-/m0/s1. The molecule has 0 bridgehead atoms. The number of urea groups is 1. The number of likely N-dealkylation sites (N-methyl/N-ethyl adjacent to an activating group) is 1. The maximum atomic E-state index is 13.7. The fraction of sp³-hybridized carbons (Fsp3) is 0.576. The van der Waals surface area contributed by atoms with Gasteiger partial charge in [0.1, 0.15) is 22.9 Å². The number of hydrogen-bond acceptors (Lipinski definition) is 6. The summed E-state index contributed by atoms with van der Waals surface area (Å²) < 4.78 is 6.49. The van der Waals surface area contributed by atoms with E-state index in [2.05, 4.69) is 5.32 Å². The van der Waals surface area contributed by atoms with Gasteiger partial charge in [-0.05, 0) is 63.9 Å². The first kappa shape index (κ1) is 33.0. The summed E-state index contributed by atoms with van der Waals surface area (Å²) in [6.07, 6.45) is 7.09. The highest BCUT2D eigenvalue weighted by molar-refractivity contribution is 6.03. The lowest BCUT2D eigenvalue weighted by Crippen LogP contribution is -2.72. The molecule has 0 saturated carbocycles. The number of ether oxygens (including phenoxy) is 1. The van der Waals surface area contributed by atoms with Gasteiger partial charge in [-0.3, -0.25) is 14.5 Å². The van der Waals surface area contributed by atoms with Crippen LogP contribution in [0.2, 0.25) is 0 Å². The number of aryl methyl sites for hydroxylation is 1. The number of carboxylic acids is 1. The van der Waals surface area contributed by atoms with Crippen molar-refractivity contribution < 1.29 is 29.0 Å². The molecule has 9 nitrogen and oxygen atoms in total. The Hall–Kier alpha value is -3.46. The van der Waals surface area contributed by atoms with Gasteiger partial charge in [0.05, 0.1) is 11.6 Å². The molecule has 1 fully saturated rings. The molecule has 230 valence electrons. The quantitative estimate of drug-likeness (QED) is 0.212. The Balaban J connectivity index is 2.01. The lowest BCUT2D eigenvalue weighted by Gasteiger charge is -2.54. The van der Waals surface area contributed by atoms with Crippen molar-refractivity contribution in [2.24, 2.45) is 10.8 Å². The van der Waals surface area contributed by atoms with Crippen LogP contribution in [0.25, 0.3) is 0 Å². The van der Waals surface area contributed by atoms with Crippen LogP contribution in [0.3, 0.4) is 0 Å². The third-order valence-electron chi connectivity index (χ3n) is 9.46. The van der Waals surface area contributed by atoms with Gasteiger partial charge < -0.3 is 20.0 Å². The summed E-state index contributed by atoms with van der Waals surface area (Å²) in [4.78, 5) is 55.0. The smallest absolute Gasteiger partial charge is 0.327 e. The third-order valence-corrected chi connectivity index (χ3v) is 9.46. The third kappa shape index (κ3) is 5.51. The van der Waals surface area contributed by atoms with Crippen LogP contribution in [-0.4, -0.2) is 64.0 Å². The van der Waals surface area contributed by atoms with Gasteiger partial charge in [-0.25, -0.2) is 9.69 Å². The second kappa shape index (κ2) is 13.2. The molecule has 0 spiro atoms. The van der Waals surface area contributed by atoms with E-state index in [1.807, 2.05) is 70.7 Å². The zero-order valence-corrected chi connectivity index (χ0v) is 26.1.